The minimum Gasteiger partial charge on any atom is -0.350 e. The van der Waals surface area contributed by atoms with Crippen LogP contribution in [0.3, 0.4) is 0 Å². The molecule has 0 unspecified atom stereocenters. The van der Waals surface area contributed by atoms with E-state index in [4.69, 9.17) is 9.47 Å². The summed E-state index contributed by atoms with van der Waals surface area (Å²) in [7, 11) is 0. The van der Waals surface area contributed by atoms with E-state index in [1.54, 1.807) is 0 Å². The van der Waals surface area contributed by atoms with Crippen LogP contribution in [0.25, 0.3) is 0 Å². The van der Waals surface area contributed by atoms with Gasteiger partial charge in [0.2, 0.25) is 0 Å². The molecule has 1 aliphatic heterocycles. The van der Waals surface area contributed by atoms with Crippen LogP contribution in [0.2, 0.25) is 0 Å². The molecule has 2 heteroatoms. The number of unbranched alkanes of at least 4 members (excludes halogenated alkanes) is 5. The lowest BCUT2D eigenvalue weighted by Crippen LogP contribution is -2.46. The second-order valence-corrected chi connectivity index (χ2v) is 6.85. The van der Waals surface area contributed by atoms with Crippen molar-refractivity contribution in [2.45, 2.75) is 77.9 Å². The molecular weight excluding hydrogens is 260 g/mol. The molecule has 2 nitrogen and oxygen atoms in total. The highest BCUT2D eigenvalue weighted by molar-refractivity contribution is 4.96. The van der Waals surface area contributed by atoms with Gasteiger partial charge in [0.25, 0.3) is 0 Å². The topological polar surface area (TPSA) is 18.5 Å². The summed E-state index contributed by atoms with van der Waals surface area (Å²) < 4.78 is 11.7. The molecule has 0 bridgehead atoms. The van der Waals surface area contributed by atoms with E-state index in [9.17, 15) is 0 Å². The van der Waals surface area contributed by atoms with Gasteiger partial charge in [-0.25, -0.2) is 0 Å². The quantitative estimate of drug-likeness (QED) is 0.383. The second kappa shape index (κ2) is 9.42. The highest BCUT2D eigenvalue weighted by atomic mass is 16.7. The molecule has 0 aliphatic carbocycles. The maximum Gasteiger partial charge on any atom is 0.162 e. The summed E-state index contributed by atoms with van der Waals surface area (Å²) >= 11 is 0. The van der Waals surface area contributed by atoms with Crippen LogP contribution in [-0.4, -0.2) is 19.0 Å². The van der Waals surface area contributed by atoms with Crippen LogP contribution >= 0.6 is 0 Å². The number of rotatable bonds is 10. The molecule has 21 heavy (non-hydrogen) atoms. The molecule has 0 aromatic carbocycles. The standard InChI is InChI=1S/C19H34O2/c1-5-7-8-9-10-11-12-13-15-19(14-6-2)16-20-18(3,4)21-17-19/h6,12-13H,2,5,7-11,14-17H2,1,3-4H3/b13-12+. The van der Waals surface area contributed by atoms with E-state index in [0.717, 1.165) is 26.1 Å². The maximum absolute atomic E-state index is 5.85. The van der Waals surface area contributed by atoms with Gasteiger partial charge in [0, 0.05) is 5.41 Å². The van der Waals surface area contributed by atoms with Gasteiger partial charge in [-0.1, -0.05) is 50.8 Å². The Bertz CT molecular complexity index is 308. The van der Waals surface area contributed by atoms with E-state index in [1.165, 1.54) is 38.5 Å². The van der Waals surface area contributed by atoms with E-state index < -0.39 is 5.79 Å². The van der Waals surface area contributed by atoms with Gasteiger partial charge in [-0.2, -0.15) is 0 Å². The minimum atomic E-state index is -0.437. The molecule has 1 rings (SSSR count). The highest BCUT2D eigenvalue weighted by Gasteiger charge is 2.38. The summed E-state index contributed by atoms with van der Waals surface area (Å²) in [6.45, 7) is 11.6. The Morgan fingerprint density at radius 1 is 0.952 bits per heavy atom. The molecule has 122 valence electrons. The van der Waals surface area contributed by atoms with E-state index in [-0.39, 0.29) is 5.41 Å². The first-order valence-corrected chi connectivity index (χ1v) is 8.57. The molecule has 0 radical (unpaired) electrons. The molecule has 1 fully saturated rings. The van der Waals surface area contributed by atoms with Gasteiger partial charge < -0.3 is 9.47 Å². The van der Waals surface area contributed by atoms with Crippen LogP contribution in [0, 0.1) is 5.41 Å². The van der Waals surface area contributed by atoms with Gasteiger partial charge in [0.05, 0.1) is 13.2 Å². The van der Waals surface area contributed by atoms with Crippen LogP contribution in [0.15, 0.2) is 24.8 Å². The van der Waals surface area contributed by atoms with Crippen molar-refractivity contribution in [1.29, 1.82) is 0 Å². The van der Waals surface area contributed by atoms with Gasteiger partial charge in [0.15, 0.2) is 5.79 Å². The fraction of sp³-hybridized carbons (Fsp3) is 0.789. The highest BCUT2D eigenvalue weighted by Crippen LogP contribution is 2.36. The predicted octanol–water partition coefficient (Wildman–Crippen LogP) is 5.64. The second-order valence-electron chi connectivity index (χ2n) is 6.85. The largest absolute Gasteiger partial charge is 0.350 e. The molecule has 1 aliphatic rings. The predicted molar refractivity (Wildman–Crippen MR) is 90.4 cm³/mol. The maximum atomic E-state index is 5.85. The Morgan fingerprint density at radius 2 is 1.62 bits per heavy atom. The van der Waals surface area contributed by atoms with Gasteiger partial charge in [-0.05, 0) is 39.5 Å². The Balaban J connectivity index is 2.30. The lowest BCUT2D eigenvalue weighted by molar-refractivity contribution is -0.284. The van der Waals surface area contributed by atoms with Crippen LogP contribution in [0.5, 0.6) is 0 Å². The SMILES string of the molecule is C=CCC1(C/C=C/CCCCCCC)COC(C)(C)OC1. The Labute approximate surface area is 131 Å². The van der Waals surface area contributed by atoms with Crippen LogP contribution < -0.4 is 0 Å². The normalized spacial score (nSPS) is 20.7. The zero-order valence-electron chi connectivity index (χ0n) is 14.3. The molecule has 0 aromatic rings. The summed E-state index contributed by atoms with van der Waals surface area (Å²) in [5.74, 6) is -0.437. The Hall–Kier alpha value is -0.600. The fourth-order valence-electron chi connectivity index (χ4n) is 2.68. The van der Waals surface area contributed by atoms with Crippen LogP contribution in [0.1, 0.15) is 72.1 Å². The van der Waals surface area contributed by atoms with Crippen molar-refractivity contribution in [3.63, 3.8) is 0 Å². The van der Waals surface area contributed by atoms with Crippen molar-refractivity contribution < 1.29 is 9.47 Å². The van der Waals surface area contributed by atoms with Gasteiger partial charge in [-0.15, -0.1) is 6.58 Å². The summed E-state index contributed by atoms with van der Waals surface area (Å²) in [6.07, 6.45) is 16.5. The molecule has 1 heterocycles. The third-order valence-electron chi connectivity index (χ3n) is 4.22. The molecule has 0 atom stereocenters. The van der Waals surface area contributed by atoms with E-state index in [0.29, 0.717) is 0 Å². The van der Waals surface area contributed by atoms with Crippen molar-refractivity contribution >= 4 is 0 Å². The third-order valence-corrected chi connectivity index (χ3v) is 4.22. The van der Waals surface area contributed by atoms with Gasteiger partial charge >= 0.3 is 0 Å². The first kappa shape index (κ1) is 18.4. The van der Waals surface area contributed by atoms with Crippen molar-refractivity contribution in [3.8, 4) is 0 Å². The molecule has 0 saturated carbocycles. The minimum absolute atomic E-state index is 0.0793. The zero-order chi connectivity index (χ0) is 15.6. The average molecular weight is 294 g/mol. The molecule has 0 N–H and O–H groups in total. The van der Waals surface area contributed by atoms with E-state index in [2.05, 4.69) is 25.7 Å². The van der Waals surface area contributed by atoms with Crippen LogP contribution in [-0.2, 0) is 9.47 Å². The first-order chi connectivity index (χ1) is 10.0. The average Bonchev–Trinajstić information content (AvgIpc) is 2.45. The van der Waals surface area contributed by atoms with E-state index in [1.807, 2.05) is 19.9 Å². The molecule has 0 aromatic heterocycles. The summed E-state index contributed by atoms with van der Waals surface area (Å²) in [4.78, 5) is 0. The lowest BCUT2D eigenvalue weighted by atomic mass is 9.81. The molecule has 1 saturated heterocycles. The summed E-state index contributed by atoms with van der Waals surface area (Å²) in [5.41, 5.74) is 0.0793. The number of allylic oxidation sites excluding steroid dienone is 3. The fourth-order valence-corrected chi connectivity index (χ4v) is 2.68. The monoisotopic (exact) mass is 294 g/mol. The first-order valence-electron chi connectivity index (χ1n) is 8.57. The molecule has 0 amide bonds. The summed E-state index contributed by atoms with van der Waals surface area (Å²) in [6, 6.07) is 0. The molecule has 0 spiro atoms. The van der Waals surface area contributed by atoms with Gasteiger partial charge in [0.1, 0.15) is 0 Å². The zero-order valence-corrected chi connectivity index (χ0v) is 14.3. The third kappa shape index (κ3) is 7.28. The summed E-state index contributed by atoms with van der Waals surface area (Å²) in [5, 5.41) is 0. The van der Waals surface area contributed by atoms with E-state index >= 15 is 0 Å². The van der Waals surface area contributed by atoms with Crippen molar-refractivity contribution in [2.24, 2.45) is 5.41 Å². The Morgan fingerprint density at radius 3 is 2.24 bits per heavy atom. The van der Waals surface area contributed by atoms with Crippen molar-refractivity contribution in [1.82, 2.24) is 0 Å². The number of hydrogen-bond donors (Lipinski definition) is 0. The number of hydrogen-bond acceptors (Lipinski definition) is 2. The van der Waals surface area contributed by atoms with Crippen molar-refractivity contribution in [3.05, 3.63) is 24.8 Å². The smallest absolute Gasteiger partial charge is 0.162 e. The number of ether oxygens (including phenoxy) is 2. The van der Waals surface area contributed by atoms with Gasteiger partial charge in [-0.3, -0.25) is 0 Å². The lowest BCUT2D eigenvalue weighted by Gasteiger charge is -2.42. The van der Waals surface area contributed by atoms with Crippen molar-refractivity contribution in [2.75, 3.05) is 13.2 Å². The Kier molecular flexibility index (Phi) is 8.28. The van der Waals surface area contributed by atoms with Crippen LogP contribution in [0.4, 0.5) is 0 Å². The molecular formula is C19H34O2.